The van der Waals surface area contributed by atoms with Crippen LogP contribution in [0, 0.1) is 13.8 Å². The third-order valence-electron chi connectivity index (χ3n) is 4.05. The molecule has 25 heavy (non-hydrogen) atoms. The molecule has 0 amide bonds. The molecule has 2 heterocycles. The molecule has 0 aromatic carbocycles. The van der Waals surface area contributed by atoms with Crippen LogP contribution in [0.3, 0.4) is 0 Å². The molecule has 1 unspecified atom stereocenters. The van der Waals surface area contributed by atoms with E-state index in [0.717, 1.165) is 22.6 Å². The van der Waals surface area contributed by atoms with Gasteiger partial charge in [-0.1, -0.05) is 0 Å². The Morgan fingerprint density at radius 2 is 2.16 bits per heavy atom. The molecule has 0 saturated carbocycles. The largest absolute Gasteiger partial charge is 0.496 e. The van der Waals surface area contributed by atoms with E-state index in [-0.39, 0.29) is 41.5 Å². The fourth-order valence-electron chi connectivity index (χ4n) is 2.81. The molecule has 1 saturated heterocycles. The maximum Gasteiger partial charge on any atom is 0.191 e. The number of sulfone groups is 1. The number of halogens is 1. The highest BCUT2D eigenvalue weighted by Crippen LogP contribution is 2.24. The molecule has 0 aliphatic carbocycles. The number of guanidine groups is 1. The van der Waals surface area contributed by atoms with Gasteiger partial charge in [0.15, 0.2) is 15.8 Å². The topological polar surface area (TPSA) is 92.7 Å². The minimum Gasteiger partial charge on any atom is -0.496 e. The second kappa shape index (κ2) is 9.56. The third kappa shape index (κ3) is 5.98. The Bertz CT molecular complexity index is 722. The molecule has 2 rings (SSSR count). The van der Waals surface area contributed by atoms with Gasteiger partial charge in [-0.2, -0.15) is 0 Å². The summed E-state index contributed by atoms with van der Waals surface area (Å²) in [5.74, 6) is 1.84. The fraction of sp³-hybridized carbons (Fsp3) is 0.625. The normalized spacial score (nSPS) is 19.2. The maximum atomic E-state index is 11.6. The van der Waals surface area contributed by atoms with Crippen LogP contribution in [0.1, 0.15) is 30.2 Å². The van der Waals surface area contributed by atoms with Crippen LogP contribution in [0.5, 0.6) is 5.75 Å². The molecule has 142 valence electrons. The first-order valence-corrected chi connectivity index (χ1v) is 9.92. The lowest BCUT2D eigenvalue weighted by Gasteiger charge is -2.16. The number of nitrogens with one attached hydrogen (secondary N) is 2. The molecule has 0 bridgehead atoms. The molecule has 1 aliphatic rings. The van der Waals surface area contributed by atoms with Gasteiger partial charge in [0.05, 0.1) is 30.9 Å². The number of ether oxygens (including phenoxy) is 1. The van der Waals surface area contributed by atoms with Crippen molar-refractivity contribution in [3.05, 3.63) is 23.0 Å². The molecule has 1 aromatic heterocycles. The number of aliphatic imine (C=N–C) groups is 1. The molecule has 0 spiro atoms. The Morgan fingerprint density at radius 3 is 2.72 bits per heavy atom. The van der Waals surface area contributed by atoms with E-state index < -0.39 is 9.84 Å². The summed E-state index contributed by atoms with van der Waals surface area (Å²) in [7, 11) is -1.27. The average molecular weight is 482 g/mol. The second-order valence-corrected chi connectivity index (χ2v) is 8.21. The van der Waals surface area contributed by atoms with Crippen LogP contribution >= 0.6 is 24.0 Å². The Morgan fingerprint density at radius 1 is 1.44 bits per heavy atom. The summed E-state index contributed by atoms with van der Waals surface area (Å²) in [4.78, 5) is 8.98. The van der Waals surface area contributed by atoms with Crippen LogP contribution in [0.25, 0.3) is 0 Å². The van der Waals surface area contributed by atoms with E-state index in [0.29, 0.717) is 25.5 Å². The van der Waals surface area contributed by atoms with Crippen LogP contribution in [0.2, 0.25) is 0 Å². The van der Waals surface area contributed by atoms with Gasteiger partial charge in [-0.05, 0) is 27.2 Å². The summed E-state index contributed by atoms with van der Waals surface area (Å²) >= 11 is 0. The predicted molar refractivity (Wildman–Crippen MR) is 111 cm³/mol. The van der Waals surface area contributed by atoms with Crippen molar-refractivity contribution >= 4 is 39.8 Å². The van der Waals surface area contributed by atoms with Gasteiger partial charge in [-0.25, -0.2) is 13.4 Å². The Balaban J connectivity index is 0.00000312. The Labute approximate surface area is 167 Å². The van der Waals surface area contributed by atoms with Crippen molar-refractivity contribution in [2.75, 3.05) is 25.2 Å². The summed E-state index contributed by atoms with van der Waals surface area (Å²) in [5.41, 5.74) is 2.80. The number of aryl methyl sites for hydroxylation is 1. The number of aromatic nitrogens is 1. The summed E-state index contributed by atoms with van der Waals surface area (Å²) in [6, 6.07) is -0.0885. The zero-order valence-electron chi connectivity index (χ0n) is 15.1. The average Bonchev–Trinajstić information content (AvgIpc) is 2.86. The van der Waals surface area contributed by atoms with Gasteiger partial charge in [0, 0.05) is 29.9 Å². The monoisotopic (exact) mass is 482 g/mol. The molecule has 9 heteroatoms. The summed E-state index contributed by atoms with van der Waals surface area (Å²) in [5, 5.41) is 6.35. The van der Waals surface area contributed by atoms with Gasteiger partial charge in [-0.15, -0.1) is 24.0 Å². The predicted octanol–water partition coefficient (Wildman–Crippen LogP) is 1.57. The van der Waals surface area contributed by atoms with Crippen LogP contribution in [0.4, 0.5) is 0 Å². The SMILES string of the molecule is CCNC(=NCc1ncc(C)c(OC)c1C)NC1CCS(=O)(=O)C1.I. The number of nitrogens with zero attached hydrogens (tertiary/aromatic N) is 2. The Kier molecular flexibility index (Phi) is 8.39. The van der Waals surface area contributed by atoms with Crippen LogP contribution in [-0.4, -0.2) is 50.6 Å². The van der Waals surface area contributed by atoms with Gasteiger partial charge in [0.2, 0.25) is 0 Å². The number of hydrogen-bond donors (Lipinski definition) is 2. The van der Waals surface area contributed by atoms with Crippen LogP contribution in [-0.2, 0) is 16.4 Å². The van der Waals surface area contributed by atoms with Crippen molar-refractivity contribution in [1.82, 2.24) is 15.6 Å². The molecule has 1 aromatic rings. The lowest BCUT2D eigenvalue weighted by molar-refractivity contribution is 0.407. The molecular formula is C16H27IN4O3S. The third-order valence-corrected chi connectivity index (χ3v) is 5.82. The molecular weight excluding hydrogens is 455 g/mol. The highest BCUT2D eigenvalue weighted by Gasteiger charge is 2.28. The maximum absolute atomic E-state index is 11.6. The fourth-order valence-corrected chi connectivity index (χ4v) is 4.48. The first-order chi connectivity index (χ1) is 11.4. The standard InChI is InChI=1S/C16H26N4O3S.HI/c1-5-17-16(20-13-6-7-24(21,22)10-13)19-9-14-12(3)15(23-4)11(2)8-18-14;/h8,13H,5-7,9-10H2,1-4H3,(H2,17,19,20);1H. The van der Waals surface area contributed by atoms with Gasteiger partial charge >= 0.3 is 0 Å². The van der Waals surface area contributed by atoms with E-state index >= 15 is 0 Å². The smallest absolute Gasteiger partial charge is 0.191 e. The molecule has 2 N–H and O–H groups in total. The first kappa shape index (κ1) is 21.9. The first-order valence-electron chi connectivity index (χ1n) is 8.10. The quantitative estimate of drug-likeness (QED) is 0.376. The van der Waals surface area contributed by atoms with Crippen molar-refractivity contribution in [1.29, 1.82) is 0 Å². The zero-order chi connectivity index (χ0) is 17.7. The highest BCUT2D eigenvalue weighted by atomic mass is 127. The zero-order valence-corrected chi connectivity index (χ0v) is 18.3. The van der Waals surface area contributed by atoms with Crippen molar-refractivity contribution in [2.45, 2.75) is 39.8 Å². The van der Waals surface area contributed by atoms with Gasteiger partial charge in [0.25, 0.3) is 0 Å². The second-order valence-electron chi connectivity index (χ2n) is 5.99. The minimum atomic E-state index is -2.92. The lowest BCUT2D eigenvalue weighted by atomic mass is 10.1. The van der Waals surface area contributed by atoms with E-state index in [1.165, 1.54) is 0 Å². The molecule has 1 aliphatic heterocycles. The number of rotatable bonds is 5. The summed E-state index contributed by atoms with van der Waals surface area (Å²) in [6.45, 7) is 7.00. The van der Waals surface area contributed by atoms with Gasteiger partial charge in [-0.3, -0.25) is 4.98 Å². The molecule has 7 nitrogen and oxygen atoms in total. The molecule has 0 radical (unpaired) electrons. The van der Waals surface area contributed by atoms with Crippen LogP contribution in [0.15, 0.2) is 11.2 Å². The number of methoxy groups -OCH3 is 1. The van der Waals surface area contributed by atoms with Gasteiger partial charge in [0.1, 0.15) is 5.75 Å². The van der Waals surface area contributed by atoms with E-state index in [1.807, 2.05) is 20.8 Å². The van der Waals surface area contributed by atoms with E-state index in [4.69, 9.17) is 4.74 Å². The molecule has 1 fully saturated rings. The number of pyridine rings is 1. The Hall–Kier alpha value is -1.10. The number of hydrogen-bond acceptors (Lipinski definition) is 5. The minimum absolute atomic E-state index is 0. The lowest BCUT2D eigenvalue weighted by Crippen LogP contribution is -2.44. The molecule has 1 atom stereocenters. The van der Waals surface area contributed by atoms with Crippen molar-refractivity contribution in [3.63, 3.8) is 0 Å². The summed E-state index contributed by atoms with van der Waals surface area (Å²) < 4.78 is 28.6. The van der Waals surface area contributed by atoms with Crippen molar-refractivity contribution in [3.8, 4) is 5.75 Å². The van der Waals surface area contributed by atoms with E-state index in [2.05, 4.69) is 20.6 Å². The van der Waals surface area contributed by atoms with Crippen molar-refractivity contribution in [2.24, 2.45) is 4.99 Å². The van der Waals surface area contributed by atoms with Crippen molar-refractivity contribution < 1.29 is 13.2 Å². The highest BCUT2D eigenvalue weighted by molar-refractivity contribution is 14.0. The van der Waals surface area contributed by atoms with E-state index in [9.17, 15) is 8.42 Å². The van der Waals surface area contributed by atoms with E-state index in [1.54, 1.807) is 13.3 Å². The van der Waals surface area contributed by atoms with Gasteiger partial charge < -0.3 is 15.4 Å². The van der Waals surface area contributed by atoms with Crippen LogP contribution < -0.4 is 15.4 Å². The summed E-state index contributed by atoms with van der Waals surface area (Å²) in [6.07, 6.45) is 2.39.